The molecule has 9 nitrogen and oxygen atoms in total. The number of benzene rings is 1. The van der Waals surface area contributed by atoms with E-state index in [-0.39, 0.29) is 7.75 Å². The molecule has 1 aromatic carbocycles. The molecule has 150 valence electrons. The number of rotatable bonds is 7. The maximum absolute atomic E-state index is 12.1. The van der Waals surface area contributed by atoms with Crippen molar-refractivity contribution in [3.63, 3.8) is 0 Å². The van der Waals surface area contributed by atoms with Crippen molar-refractivity contribution in [3.05, 3.63) is 48.3 Å². The van der Waals surface area contributed by atoms with Crippen LogP contribution < -0.4 is 10.6 Å². The quantitative estimate of drug-likeness (QED) is 0.554. The third-order valence-electron chi connectivity index (χ3n) is 4.42. The SMILES string of the molecule is CN(C)S(=O)(=O)c1ccc(Nc2nccc(Nc3cc(C4CC4)[nH]n3)n2)cc1.[HH].[HH]. The number of nitrogens with one attached hydrogen (secondary N) is 3. The Bertz CT molecular complexity index is 1080. The van der Waals surface area contributed by atoms with E-state index >= 15 is 0 Å². The van der Waals surface area contributed by atoms with Gasteiger partial charge >= 0.3 is 0 Å². The molecule has 2 heterocycles. The Morgan fingerprint density at radius 1 is 1.11 bits per heavy atom. The predicted molar refractivity (Wildman–Crippen MR) is 111 cm³/mol. The fraction of sp³-hybridized carbons (Fsp3) is 0.278. The van der Waals surface area contributed by atoms with Gasteiger partial charge in [-0.2, -0.15) is 10.1 Å². The van der Waals surface area contributed by atoms with Crippen LogP contribution in [0.15, 0.2) is 47.5 Å². The van der Waals surface area contributed by atoms with Crippen LogP contribution in [0, 0.1) is 0 Å². The van der Waals surface area contributed by atoms with Crippen molar-refractivity contribution < 1.29 is 11.3 Å². The minimum absolute atomic E-state index is 0. The number of hydrogen-bond acceptors (Lipinski definition) is 7. The first-order valence-corrected chi connectivity index (χ1v) is 10.3. The van der Waals surface area contributed by atoms with Gasteiger partial charge in [-0.05, 0) is 43.2 Å². The molecule has 0 bridgehead atoms. The van der Waals surface area contributed by atoms with Gasteiger partial charge in [-0.1, -0.05) is 0 Å². The van der Waals surface area contributed by atoms with Gasteiger partial charge in [0.15, 0.2) is 5.82 Å². The standard InChI is InChI=1S/C18H21N7O2S.2H2/c1-25(2)28(26,27)14-7-5-13(6-8-14)20-18-19-10-9-16(22-18)21-17-11-15(23-24-17)12-3-4-12;;/h5-12H,3-4H2,1-2H3,(H3,19,20,21,22,23,24);2*1H. The molecule has 1 fully saturated rings. The molecule has 0 unspecified atom stereocenters. The fourth-order valence-electron chi connectivity index (χ4n) is 2.67. The number of aromatic amines is 1. The Hall–Kier alpha value is -2.98. The van der Waals surface area contributed by atoms with Crippen LogP contribution in [0.5, 0.6) is 0 Å². The molecule has 1 saturated carbocycles. The number of hydrogen-bond donors (Lipinski definition) is 3. The van der Waals surface area contributed by atoms with E-state index in [1.807, 2.05) is 6.07 Å². The first kappa shape index (κ1) is 18.4. The summed E-state index contributed by atoms with van der Waals surface area (Å²) in [6.45, 7) is 0. The smallest absolute Gasteiger partial charge is 0.242 e. The van der Waals surface area contributed by atoms with E-state index in [2.05, 4.69) is 30.8 Å². The second-order valence-electron chi connectivity index (χ2n) is 6.81. The number of anilines is 4. The Morgan fingerprint density at radius 2 is 1.86 bits per heavy atom. The molecule has 3 aromatic rings. The second-order valence-corrected chi connectivity index (χ2v) is 8.96. The highest BCUT2D eigenvalue weighted by molar-refractivity contribution is 7.89. The summed E-state index contributed by atoms with van der Waals surface area (Å²) in [7, 11) is -0.452. The Kier molecular flexibility index (Phi) is 4.73. The Morgan fingerprint density at radius 3 is 2.54 bits per heavy atom. The Labute approximate surface area is 166 Å². The molecule has 3 N–H and O–H groups in total. The van der Waals surface area contributed by atoms with Crippen LogP contribution in [-0.4, -0.2) is 47.0 Å². The van der Waals surface area contributed by atoms with Crippen molar-refractivity contribution in [2.75, 3.05) is 24.7 Å². The van der Waals surface area contributed by atoms with Crippen LogP contribution in [0.2, 0.25) is 0 Å². The second kappa shape index (κ2) is 7.21. The van der Waals surface area contributed by atoms with Gasteiger partial charge in [0, 0.05) is 46.5 Å². The largest absolute Gasteiger partial charge is 0.324 e. The van der Waals surface area contributed by atoms with Gasteiger partial charge in [-0.3, -0.25) is 5.10 Å². The molecule has 0 radical (unpaired) electrons. The summed E-state index contributed by atoms with van der Waals surface area (Å²) in [5.41, 5.74) is 1.83. The van der Waals surface area contributed by atoms with Gasteiger partial charge in [0.1, 0.15) is 5.82 Å². The fourth-order valence-corrected chi connectivity index (χ4v) is 3.58. The first-order valence-electron chi connectivity index (χ1n) is 8.87. The Balaban J connectivity index is 0.00000160. The molecule has 0 spiro atoms. The van der Waals surface area contributed by atoms with Crippen molar-refractivity contribution in [3.8, 4) is 0 Å². The highest BCUT2D eigenvalue weighted by atomic mass is 32.2. The van der Waals surface area contributed by atoms with E-state index in [4.69, 9.17) is 0 Å². The minimum Gasteiger partial charge on any atom is -0.324 e. The zero-order chi connectivity index (χ0) is 19.7. The van der Waals surface area contributed by atoms with Crippen LogP contribution in [0.1, 0.15) is 27.3 Å². The van der Waals surface area contributed by atoms with Gasteiger partial charge in [-0.25, -0.2) is 17.7 Å². The molecule has 1 aliphatic rings. The van der Waals surface area contributed by atoms with E-state index in [9.17, 15) is 8.42 Å². The summed E-state index contributed by atoms with van der Waals surface area (Å²) in [6, 6.07) is 10.2. The van der Waals surface area contributed by atoms with Gasteiger partial charge < -0.3 is 10.6 Å². The molecule has 0 amide bonds. The summed E-state index contributed by atoms with van der Waals surface area (Å²) >= 11 is 0. The average molecular weight is 404 g/mol. The normalized spacial score (nSPS) is 14.2. The highest BCUT2D eigenvalue weighted by Crippen LogP contribution is 2.39. The third kappa shape index (κ3) is 3.97. The molecule has 10 heteroatoms. The van der Waals surface area contributed by atoms with E-state index in [0.29, 0.717) is 29.2 Å². The van der Waals surface area contributed by atoms with Crippen LogP contribution >= 0.6 is 0 Å². The topological polar surface area (TPSA) is 116 Å². The van der Waals surface area contributed by atoms with Crippen molar-refractivity contribution in [1.82, 2.24) is 24.5 Å². The van der Waals surface area contributed by atoms with Crippen LogP contribution in [0.4, 0.5) is 23.3 Å². The van der Waals surface area contributed by atoms with Gasteiger partial charge in [0.25, 0.3) is 0 Å². The number of sulfonamides is 1. The molecule has 0 atom stereocenters. The summed E-state index contributed by atoms with van der Waals surface area (Å²) in [5.74, 6) is 2.32. The van der Waals surface area contributed by atoms with Gasteiger partial charge in [0.05, 0.1) is 4.90 Å². The van der Waals surface area contributed by atoms with E-state index in [1.165, 1.54) is 31.2 Å². The van der Waals surface area contributed by atoms with Gasteiger partial charge in [-0.15, -0.1) is 0 Å². The lowest BCUT2D eigenvalue weighted by Gasteiger charge is -2.12. The van der Waals surface area contributed by atoms with Crippen LogP contribution in [0.25, 0.3) is 0 Å². The lowest BCUT2D eigenvalue weighted by Crippen LogP contribution is -2.22. The number of nitrogens with zero attached hydrogens (tertiary/aromatic N) is 4. The summed E-state index contributed by atoms with van der Waals surface area (Å²) in [4.78, 5) is 8.85. The molecule has 4 rings (SSSR count). The molecule has 0 aliphatic heterocycles. The molecule has 28 heavy (non-hydrogen) atoms. The van der Waals surface area contributed by atoms with Crippen LogP contribution in [0.3, 0.4) is 0 Å². The summed E-state index contributed by atoms with van der Waals surface area (Å²) in [6.07, 6.45) is 4.05. The zero-order valence-corrected chi connectivity index (χ0v) is 16.4. The van der Waals surface area contributed by atoms with Crippen molar-refractivity contribution >= 4 is 33.3 Å². The maximum atomic E-state index is 12.1. The molecule has 0 saturated heterocycles. The minimum atomic E-state index is -3.45. The molecule has 2 aromatic heterocycles. The summed E-state index contributed by atoms with van der Waals surface area (Å²) < 4.78 is 25.4. The zero-order valence-electron chi connectivity index (χ0n) is 15.5. The molecular weight excluding hydrogens is 378 g/mol. The average Bonchev–Trinajstić information content (AvgIpc) is 3.42. The lowest BCUT2D eigenvalue weighted by atomic mass is 10.3. The van der Waals surface area contributed by atoms with Crippen molar-refractivity contribution in [2.24, 2.45) is 0 Å². The predicted octanol–water partition coefficient (Wildman–Crippen LogP) is 3.31. The third-order valence-corrected chi connectivity index (χ3v) is 6.24. The summed E-state index contributed by atoms with van der Waals surface area (Å²) in [5, 5.41) is 13.5. The molecular formula is C18H25N7O2S. The van der Waals surface area contributed by atoms with E-state index in [1.54, 1.807) is 36.5 Å². The number of H-pyrrole nitrogens is 1. The first-order chi connectivity index (χ1) is 13.4. The van der Waals surface area contributed by atoms with Gasteiger partial charge in [0.2, 0.25) is 16.0 Å². The highest BCUT2D eigenvalue weighted by Gasteiger charge is 2.25. The van der Waals surface area contributed by atoms with E-state index in [0.717, 1.165) is 5.69 Å². The maximum Gasteiger partial charge on any atom is 0.242 e. The van der Waals surface area contributed by atoms with Crippen LogP contribution in [-0.2, 0) is 10.0 Å². The monoisotopic (exact) mass is 403 g/mol. The molecule has 1 aliphatic carbocycles. The number of aromatic nitrogens is 4. The van der Waals surface area contributed by atoms with Crippen molar-refractivity contribution in [2.45, 2.75) is 23.7 Å². The lowest BCUT2D eigenvalue weighted by molar-refractivity contribution is 0.521. The van der Waals surface area contributed by atoms with E-state index < -0.39 is 10.0 Å². The van der Waals surface area contributed by atoms with Crippen molar-refractivity contribution in [1.29, 1.82) is 0 Å².